The first kappa shape index (κ1) is 27.9. The van der Waals surface area contributed by atoms with Crippen molar-refractivity contribution in [1.82, 2.24) is 19.1 Å². The molecule has 5 nitrogen and oxygen atoms in total. The van der Waals surface area contributed by atoms with Crippen molar-refractivity contribution in [3.8, 4) is 34.2 Å². The molecule has 5 heteroatoms. The number of rotatable bonds is 4. The fourth-order valence-corrected chi connectivity index (χ4v) is 7.90. The van der Waals surface area contributed by atoms with Crippen LogP contribution in [-0.4, -0.2) is 19.1 Å². The van der Waals surface area contributed by atoms with E-state index in [1.165, 1.54) is 21.8 Å². The lowest BCUT2D eigenvalue weighted by Crippen LogP contribution is -2.03. The summed E-state index contributed by atoms with van der Waals surface area (Å²) in [5.74, 6) is 1.46. The van der Waals surface area contributed by atoms with Crippen LogP contribution in [0.1, 0.15) is 0 Å². The summed E-state index contributed by atoms with van der Waals surface area (Å²) < 4.78 is 11.2. The number of furan rings is 1. The molecule has 0 unspecified atom stereocenters. The van der Waals surface area contributed by atoms with Gasteiger partial charge in [0, 0.05) is 49.8 Å². The molecule has 0 fully saturated rings. The van der Waals surface area contributed by atoms with Crippen molar-refractivity contribution in [2.24, 2.45) is 0 Å². The zero-order chi connectivity index (χ0) is 33.5. The van der Waals surface area contributed by atoms with Crippen molar-refractivity contribution >= 4 is 65.6 Å². The maximum atomic E-state index is 6.46. The summed E-state index contributed by atoms with van der Waals surface area (Å²) in [6.45, 7) is 0. The Kier molecular flexibility index (Phi) is 5.89. The molecule has 238 valence electrons. The van der Waals surface area contributed by atoms with Crippen LogP contribution in [0.2, 0.25) is 0 Å². The van der Waals surface area contributed by atoms with Gasteiger partial charge in [-0.3, -0.25) is 4.57 Å². The average Bonchev–Trinajstić information content (AvgIpc) is 3.86. The Labute approximate surface area is 292 Å². The topological polar surface area (TPSA) is 48.8 Å². The molecule has 0 aliphatic rings. The van der Waals surface area contributed by atoms with Gasteiger partial charge in [0.05, 0.1) is 33.1 Å². The van der Waals surface area contributed by atoms with E-state index in [2.05, 4.69) is 143 Å². The summed E-state index contributed by atoms with van der Waals surface area (Å²) in [5, 5.41) is 6.89. The second-order valence-electron chi connectivity index (χ2n) is 13.0. The minimum atomic E-state index is 0.671. The third kappa shape index (κ3) is 4.15. The summed E-state index contributed by atoms with van der Waals surface area (Å²) >= 11 is 0. The molecule has 0 saturated carbocycles. The Hall–Kier alpha value is -6.98. The lowest BCUT2D eigenvalue weighted by Gasteiger charge is -2.13. The van der Waals surface area contributed by atoms with E-state index in [0.29, 0.717) is 5.82 Å². The Morgan fingerprint density at radius 1 is 0.412 bits per heavy atom. The Morgan fingerprint density at radius 2 is 1.02 bits per heavy atom. The van der Waals surface area contributed by atoms with Gasteiger partial charge in [0.15, 0.2) is 5.82 Å². The van der Waals surface area contributed by atoms with E-state index < -0.39 is 0 Å². The summed E-state index contributed by atoms with van der Waals surface area (Å²) in [4.78, 5) is 10.5. The molecule has 51 heavy (non-hydrogen) atoms. The number of hydrogen-bond acceptors (Lipinski definition) is 3. The number of aromatic nitrogens is 4. The highest BCUT2D eigenvalue weighted by Gasteiger charge is 2.22. The predicted octanol–water partition coefficient (Wildman–Crippen LogP) is 11.9. The smallest absolute Gasteiger partial charge is 0.162 e. The molecular formula is C46H28N4O. The molecule has 0 aliphatic carbocycles. The van der Waals surface area contributed by atoms with E-state index in [4.69, 9.17) is 14.4 Å². The minimum absolute atomic E-state index is 0.671. The van der Waals surface area contributed by atoms with Crippen LogP contribution in [0.5, 0.6) is 0 Å². The Morgan fingerprint density at radius 3 is 1.76 bits per heavy atom. The van der Waals surface area contributed by atoms with E-state index in [9.17, 15) is 0 Å². The Bertz CT molecular complexity index is 3020. The molecule has 11 rings (SSSR count). The molecule has 0 atom stereocenters. The largest absolute Gasteiger partial charge is 0.456 e. The summed E-state index contributed by atoms with van der Waals surface area (Å²) in [6.07, 6.45) is 0. The van der Waals surface area contributed by atoms with Gasteiger partial charge in [-0.15, -0.1) is 0 Å². The van der Waals surface area contributed by atoms with Crippen molar-refractivity contribution < 1.29 is 4.42 Å². The van der Waals surface area contributed by atoms with Crippen molar-refractivity contribution in [2.45, 2.75) is 0 Å². The number of fused-ring (bicyclic) bond motifs is 10. The van der Waals surface area contributed by atoms with Crippen LogP contribution in [0.4, 0.5) is 0 Å². The minimum Gasteiger partial charge on any atom is -0.456 e. The highest BCUT2D eigenvalue weighted by molar-refractivity contribution is 6.24. The van der Waals surface area contributed by atoms with Crippen molar-refractivity contribution in [2.75, 3.05) is 0 Å². The second kappa shape index (κ2) is 10.8. The van der Waals surface area contributed by atoms with Gasteiger partial charge in [-0.1, -0.05) is 121 Å². The van der Waals surface area contributed by atoms with Crippen molar-refractivity contribution in [3.63, 3.8) is 0 Å². The first-order valence-corrected chi connectivity index (χ1v) is 17.2. The van der Waals surface area contributed by atoms with Gasteiger partial charge in [0.1, 0.15) is 17.0 Å². The van der Waals surface area contributed by atoms with Crippen LogP contribution in [0.25, 0.3) is 99.7 Å². The number of benzene rings is 7. The van der Waals surface area contributed by atoms with Crippen LogP contribution in [0.3, 0.4) is 0 Å². The molecule has 0 aliphatic heterocycles. The first-order valence-electron chi connectivity index (χ1n) is 17.2. The van der Waals surface area contributed by atoms with E-state index >= 15 is 0 Å². The zero-order valence-corrected chi connectivity index (χ0v) is 27.4. The van der Waals surface area contributed by atoms with Gasteiger partial charge in [0.2, 0.25) is 0 Å². The molecule has 0 amide bonds. The van der Waals surface area contributed by atoms with Crippen LogP contribution in [0.15, 0.2) is 174 Å². The quantitative estimate of drug-likeness (QED) is 0.190. The lowest BCUT2D eigenvalue weighted by atomic mass is 10.1. The monoisotopic (exact) mass is 652 g/mol. The van der Waals surface area contributed by atoms with Crippen LogP contribution < -0.4 is 0 Å². The molecule has 4 aromatic heterocycles. The van der Waals surface area contributed by atoms with E-state index in [0.717, 1.165) is 72.1 Å². The van der Waals surface area contributed by atoms with Gasteiger partial charge in [-0.05, 0) is 42.5 Å². The molecule has 7 aromatic carbocycles. The van der Waals surface area contributed by atoms with Gasteiger partial charge >= 0.3 is 0 Å². The number of hydrogen-bond donors (Lipinski definition) is 0. The molecular weight excluding hydrogens is 625 g/mol. The lowest BCUT2D eigenvalue weighted by molar-refractivity contribution is 0.669. The van der Waals surface area contributed by atoms with Crippen LogP contribution in [0, 0.1) is 0 Å². The van der Waals surface area contributed by atoms with Gasteiger partial charge < -0.3 is 8.98 Å². The van der Waals surface area contributed by atoms with E-state index in [1.807, 2.05) is 36.4 Å². The van der Waals surface area contributed by atoms with E-state index in [-0.39, 0.29) is 0 Å². The Balaban J connectivity index is 1.30. The highest BCUT2D eigenvalue weighted by atomic mass is 16.3. The molecule has 11 aromatic rings. The molecule has 0 spiro atoms. The van der Waals surface area contributed by atoms with Gasteiger partial charge in [-0.25, -0.2) is 9.97 Å². The van der Waals surface area contributed by atoms with Crippen LogP contribution in [-0.2, 0) is 0 Å². The van der Waals surface area contributed by atoms with E-state index in [1.54, 1.807) is 0 Å². The van der Waals surface area contributed by atoms with Gasteiger partial charge in [-0.2, -0.15) is 0 Å². The van der Waals surface area contributed by atoms with Gasteiger partial charge in [0.25, 0.3) is 0 Å². The number of nitrogens with zero attached hydrogens (tertiary/aromatic N) is 4. The molecule has 0 N–H and O–H groups in total. The highest BCUT2D eigenvalue weighted by Crippen LogP contribution is 2.42. The molecule has 0 bridgehead atoms. The fraction of sp³-hybridized carbons (Fsp3) is 0. The predicted molar refractivity (Wildman–Crippen MR) is 209 cm³/mol. The summed E-state index contributed by atoms with van der Waals surface area (Å²) in [7, 11) is 0. The zero-order valence-electron chi connectivity index (χ0n) is 27.4. The first-order chi connectivity index (χ1) is 25.3. The third-order valence-electron chi connectivity index (χ3n) is 10.1. The molecule has 0 saturated heterocycles. The third-order valence-corrected chi connectivity index (χ3v) is 10.1. The standard InChI is InChI=1S/C46H28N4O/c1-3-13-29(14-4-1)37-28-43(48-46(47-37)30-15-5-2-6-16-30)50-40-27-31(49-38-20-10-7-17-32(38)33-18-8-11-21-39(33)49)23-24-34(40)35-25-26-42-44(45(35)50)36-19-9-12-22-41(36)51-42/h1-28H. The average molecular weight is 653 g/mol. The molecule has 4 heterocycles. The summed E-state index contributed by atoms with van der Waals surface area (Å²) in [6, 6.07) is 59.4. The molecule has 0 radical (unpaired) electrons. The van der Waals surface area contributed by atoms with Crippen LogP contribution >= 0.6 is 0 Å². The fourth-order valence-electron chi connectivity index (χ4n) is 7.90. The SMILES string of the molecule is c1ccc(-c2cc(-n3c4cc(-n5c6ccccc6c6ccccc65)ccc4c4ccc5oc6ccccc6c5c43)nc(-c3ccccc3)n2)cc1. The maximum absolute atomic E-state index is 6.46. The normalized spacial score (nSPS) is 11.9. The van der Waals surface area contributed by atoms with Crippen molar-refractivity contribution in [1.29, 1.82) is 0 Å². The number of para-hydroxylation sites is 3. The van der Waals surface area contributed by atoms with Crippen molar-refractivity contribution in [3.05, 3.63) is 170 Å². The summed E-state index contributed by atoms with van der Waals surface area (Å²) in [5.41, 5.74) is 10.1. The maximum Gasteiger partial charge on any atom is 0.162 e. The second-order valence-corrected chi connectivity index (χ2v) is 13.0.